The summed E-state index contributed by atoms with van der Waals surface area (Å²) >= 11 is 4.79. The number of nitrogens with zero attached hydrogens (tertiary/aromatic N) is 1. The first-order valence-corrected chi connectivity index (χ1v) is 5.09. The largest absolute Gasteiger partial charge is 0.494 e. The number of thiocarbonyl (C=S) groups is 1. The molecule has 0 bridgehead atoms. The van der Waals surface area contributed by atoms with Crippen LogP contribution in [-0.2, 0) is 4.79 Å². The minimum Gasteiger partial charge on any atom is -0.494 e. The van der Waals surface area contributed by atoms with E-state index in [1.807, 2.05) is 6.92 Å². The molecule has 76 valence electrons. The molecule has 1 aromatic rings. The van der Waals surface area contributed by atoms with Crippen LogP contribution in [0.3, 0.4) is 0 Å². The molecule has 4 heteroatoms. The van der Waals surface area contributed by atoms with Gasteiger partial charge >= 0.3 is 0 Å². The van der Waals surface area contributed by atoms with Gasteiger partial charge in [-0.05, 0) is 25.1 Å². The Morgan fingerprint density at radius 2 is 2.33 bits per heavy atom. The maximum Gasteiger partial charge on any atom is 0.279 e. The number of fused-ring (bicyclic) bond motifs is 1. The third kappa shape index (κ3) is 1.68. The van der Waals surface area contributed by atoms with Gasteiger partial charge in [-0.3, -0.25) is 4.79 Å². The van der Waals surface area contributed by atoms with Crippen LogP contribution in [-0.4, -0.2) is 17.9 Å². The Kier molecular flexibility index (Phi) is 2.60. The van der Waals surface area contributed by atoms with Crippen LogP contribution in [0.2, 0.25) is 0 Å². The molecule has 0 radical (unpaired) electrons. The van der Waals surface area contributed by atoms with E-state index in [9.17, 15) is 4.79 Å². The smallest absolute Gasteiger partial charge is 0.279 e. The molecule has 0 fully saturated rings. The zero-order valence-electron chi connectivity index (χ0n) is 8.19. The van der Waals surface area contributed by atoms with Gasteiger partial charge in [0.05, 0.1) is 17.5 Å². The van der Waals surface area contributed by atoms with Gasteiger partial charge in [0.25, 0.3) is 5.91 Å². The Hall–Kier alpha value is -1.55. The summed E-state index contributed by atoms with van der Waals surface area (Å²) in [5.41, 5.74) is 0.474. The van der Waals surface area contributed by atoms with Crippen LogP contribution < -0.4 is 15.3 Å². The Balaban J connectivity index is 2.67. The third-order valence-corrected chi connectivity index (χ3v) is 2.38. The molecule has 0 atom stereocenters. The maximum absolute atomic E-state index is 11.4. The number of amides is 1. The fourth-order valence-electron chi connectivity index (χ4n) is 1.48. The van der Waals surface area contributed by atoms with Crippen LogP contribution in [0.25, 0.3) is 5.57 Å². The van der Waals surface area contributed by atoms with Crippen molar-refractivity contribution in [2.75, 3.05) is 6.61 Å². The molecule has 0 saturated carbocycles. The van der Waals surface area contributed by atoms with Crippen molar-refractivity contribution < 1.29 is 9.53 Å². The van der Waals surface area contributed by atoms with Crippen LogP contribution in [0.5, 0.6) is 5.75 Å². The van der Waals surface area contributed by atoms with Crippen molar-refractivity contribution in [1.29, 1.82) is 0 Å². The normalized spacial score (nSPS) is 13.4. The van der Waals surface area contributed by atoms with Crippen molar-refractivity contribution in [3.05, 3.63) is 28.8 Å². The fraction of sp³-hybridized carbons (Fsp3) is 0.182. The highest BCUT2D eigenvalue weighted by Crippen LogP contribution is 2.06. The number of carbonyl (C=O) groups excluding carboxylic acids is 1. The molecule has 0 unspecified atom stereocenters. The first kappa shape index (κ1) is 9.98. The lowest BCUT2D eigenvalue weighted by atomic mass is 10.2. The summed E-state index contributed by atoms with van der Waals surface area (Å²) in [6, 6.07) is 5.36. The molecule has 1 aliphatic heterocycles. The van der Waals surface area contributed by atoms with Crippen LogP contribution in [0.15, 0.2) is 23.2 Å². The lowest BCUT2D eigenvalue weighted by molar-refractivity contribution is -0.112. The predicted octanol–water partition coefficient (Wildman–Crippen LogP) is 0.395. The van der Waals surface area contributed by atoms with Crippen LogP contribution in [0.4, 0.5) is 0 Å². The van der Waals surface area contributed by atoms with Crippen molar-refractivity contribution >= 4 is 29.1 Å². The van der Waals surface area contributed by atoms with E-state index in [2.05, 4.69) is 4.99 Å². The second-order valence-corrected chi connectivity index (χ2v) is 3.30. The molecule has 0 aromatic heterocycles. The Bertz CT molecular complexity index is 548. The van der Waals surface area contributed by atoms with E-state index in [1.54, 1.807) is 18.2 Å². The van der Waals surface area contributed by atoms with E-state index in [0.717, 1.165) is 11.0 Å². The molecule has 1 amide bonds. The minimum absolute atomic E-state index is 0.270. The molecule has 2 rings (SSSR count). The van der Waals surface area contributed by atoms with E-state index in [4.69, 9.17) is 17.0 Å². The number of benzene rings is 1. The SMILES string of the molecule is CCOc1ccc2c(c1)=C(C=S)C(=O)N=2. The zero-order valence-corrected chi connectivity index (χ0v) is 9.00. The van der Waals surface area contributed by atoms with E-state index in [-0.39, 0.29) is 5.91 Å². The van der Waals surface area contributed by atoms with Crippen LogP contribution >= 0.6 is 12.2 Å². The molecule has 0 saturated heterocycles. The number of hydrogen-bond acceptors (Lipinski definition) is 3. The molecule has 0 N–H and O–H groups in total. The Morgan fingerprint density at radius 3 is 3.00 bits per heavy atom. The summed E-state index contributed by atoms with van der Waals surface area (Å²) in [6.07, 6.45) is 0. The quantitative estimate of drug-likeness (QED) is 0.690. The fourth-order valence-corrected chi connectivity index (χ4v) is 1.71. The minimum atomic E-state index is -0.270. The summed E-state index contributed by atoms with van der Waals surface area (Å²) < 4.78 is 5.34. The van der Waals surface area contributed by atoms with E-state index >= 15 is 0 Å². The summed E-state index contributed by atoms with van der Waals surface area (Å²) in [6.45, 7) is 2.50. The topological polar surface area (TPSA) is 38.7 Å². The van der Waals surface area contributed by atoms with E-state index in [1.165, 1.54) is 5.37 Å². The molecule has 3 nitrogen and oxygen atoms in total. The van der Waals surface area contributed by atoms with Gasteiger partial charge in [-0.2, -0.15) is 0 Å². The molecular formula is C11H9NO2S. The molecule has 1 aliphatic rings. The third-order valence-electron chi connectivity index (χ3n) is 2.14. The lowest BCUT2D eigenvalue weighted by Crippen LogP contribution is -2.23. The van der Waals surface area contributed by atoms with Gasteiger partial charge in [-0.1, -0.05) is 12.2 Å². The highest BCUT2D eigenvalue weighted by molar-refractivity contribution is 7.80. The van der Waals surface area contributed by atoms with E-state index < -0.39 is 0 Å². The average molecular weight is 219 g/mol. The van der Waals surface area contributed by atoms with E-state index in [0.29, 0.717) is 17.5 Å². The number of rotatable bonds is 3. The van der Waals surface area contributed by atoms with Gasteiger partial charge in [0, 0.05) is 10.6 Å². The standard InChI is InChI=1S/C11H9NO2S/c1-2-14-7-3-4-10-8(5-7)9(6-15)11(13)12-10/h3-6H,2H2,1H3. The first-order chi connectivity index (χ1) is 7.26. The summed E-state index contributed by atoms with van der Waals surface area (Å²) in [7, 11) is 0. The maximum atomic E-state index is 11.4. The number of ether oxygens (including phenoxy) is 1. The lowest BCUT2D eigenvalue weighted by Gasteiger charge is -2.00. The predicted molar refractivity (Wildman–Crippen MR) is 60.5 cm³/mol. The van der Waals surface area contributed by atoms with Crippen molar-refractivity contribution in [2.24, 2.45) is 4.99 Å². The molecule has 1 heterocycles. The highest BCUT2D eigenvalue weighted by atomic mass is 32.1. The first-order valence-electron chi connectivity index (χ1n) is 4.61. The van der Waals surface area contributed by atoms with Gasteiger partial charge < -0.3 is 4.74 Å². The molecule has 0 aliphatic carbocycles. The molecule has 15 heavy (non-hydrogen) atoms. The summed E-state index contributed by atoms with van der Waals surface area (Å²) in [5.74, 6) is 0.462. The molecule has 0 spiro atoms. The Morgan fingerprint density at radius 1 is 1.53 bits per heavy atom. The Labute approximate surface area is 92.1 Å². The van der Waals surface area contributed by atoms with Gasteiger partial charge in [0.15, 0.2) is 0 Å². The monoisotopic (exact) mass is 219 g/mol. The number of carbonyl (C=O) groups is 1. The van der Waals surface area contributed by atoms with Gasteiger partial charge in [0.2, 0.25) is 0 Å². The molecule has 1 aromatic carbocycles. The zero-order chi connectivity index (χ0) is 10.8. The number of hydrogen-bond donors (Lipinski definition) is 0. The summed E-state index contributed by atoms with van der Waals surface area (Å²) in [5, 5.41) is 2.80. The van der Waals surface area contributed by atoms with Crippen LogP contribution in [0, 0.1) is 0 Å². The highest BCUT2D eigenvalue weighted by Gasteiger charge is 2.13. The second kappa shape index (κ2) is 3.90. The summed E-state index contributed by atoms with van der Waals surface area (Å²) in [4.78, 5) is 15.3. The second-order valence-electron chi connectivity index (χ2n) is 3.06. The van der Waals surface area contributed by atoms with Crippen molar-refractivity contribution in [3.63, 3.8) is 0 Å². The van der Waals surface area contributed by atoms with Crippen molar-refractivity contribution in [2.45, 2.75) is 6.92 Å². The van der Waals surface area contributed by atoms with Crippen LogP contribution in [0.1, 0.15) is 6.92 Å². The van der Waals surface area contributed by atoms with Gasteiger partial charge in [0.1, 0.15) is 5.75 Å². The van der Waals surface area contributed by atoms with Gasteiger partial charge in [-0.25, -0.2) is 4.99 Å². The van der Waals surface area contributed by atoms with Crippen molar-refractivity contribution in [1.82, 2.24) is 0 Å². The van der Waals surface area contributed by atoms with Gasteiger partial charge in [-0.15, -0.1) is 0 Å². The molecular weight excluding hydrogens is 210 g/mol. The average Bonchev–Trinajstić information content (AvgIpc) is 2.53. The van der Waals surface area contributed by atoms with Crippen molar-refractivity contribution in [3.8, 4) is 5.75 Å².